The minimum absolute atomic E-state index is 0.0326. The van der Waals surface area contributed by atoms with E-state index >= 15 is 0 Å². The van der Waals surface area contributed by atoms with Crippen LogP contribution in [0.3, 0.4) is 0 Å². The third-order valence-electron chi connectivity index (χ3n) is 3.02. The zero-order valence-electron chi connectivity index (χ0n) is 11.7. The molecule has 2 aromatic carbocycles. The summed E-state index contributed by atoms with van der Waals surface area (Å²) in [7, 11) is 1.37. The highest BCUT2D eigenvalue weighted by atomic mass is 35.5. The number of halogens is 4. The molecule has 2 N–H and O–H groups in total. The van der Waals surface area contributed by atoms with Crippen molar-refractivity contribution in [3.8, 4) is 5.75 Å². The molecule has 0 fully saturated rings. The van der Waals surface area contributed by atoms with Gasteiger partial charge in [-0.3, -0.25) is 0 Å². The maximum Gasteiger partial charge on any atom is 0.416 e. The first-order valence-electron chi connectivity index (χ1n) is 6.27. The van der Waals surface area contributed by atoms with E-state index in [1.165, 1.54) is 25.3 Å². The van der Waals surface area contributed by atoms with E-state index in [0.29, 0.717) is 5.75 Å². The van der Waals surface area contributed by atoms with E-state index in [2.05, 4.69) is 5.32 Å². The summed E-state index contributed by atoms with van der Waals surface area (Å²) >= 11 is 5.88. The van der Waals surface area contributed by atoms with Gasteiger partial charge >= 0.3 is 12.1 Å². The molecular weight excluding hydrogens is 335 g/mol. The molecular formula is C15H11ClF3NO3. The summed E-state index contributed by atoms with van der Waals surface area (Å²) in [5, 5.41) is 11.9. The van der Waals surface area contributed by atoms with Crippen LogP contribution in [0.1, 0.15) is 15.9 Å². The molecule has 0 heterocycles. The van der Waals surface area contributed by atoms with Crippen molar-refractivity contribution in [2.45, 2.75) is 6.18 Å². The van der Waals surface area contributed by atoms with Crippen LogP contribution >= 0.6 is 11.6 Å². The predicted octanol–water partition coefficient (Wildman–Crippen LogP) is 4.81. The molecule has 2 aromatic rings. The smallest absolute Gasteiger partial charge is 0.416 e. The number of nitrogens with one attached hydrogen (secondary N) is 1. The molecule has 0 saturated carbocycles. The van der Waals surface area contributed by atoms with Crippen LogP contribution in [-0.2, 0) is 6.18 Å². The number of carbonyl (C=O) groups is 1. The largest absolute Gasteiger partial charge is 0.497 e. The number of methoxy groups -OCH3 is 1. The van der Waals surface area contributed by atoms with Crippen LogP contribution in [0.2, 0.25) is 5.02 Å². The van der Waals surface area contributed by atoms with Gasteiger partial charge in [0, 0.05) is 0 Å². The lowest BCUT2D eigenvalue weighted by Crippen LogP contribution is -2.07. The van der Waals surface area contributed by atoms with Crippen molar-refractivity contribution < 1.29 is 27.8 Å². The van der Waals surface area contributed by atoms with Crippen molar-refractivity contribution in [3.05, 3.63) is 52.5 Å². The van der Waals surface area contributed by atoms with Gasteiger partial charge in [0.05, 0.1) is 34.6 Å². The lowest BCUT2D eigenvalue weighted by atomic mass is 10.1. The van der Waals surface area contributed by atoms with Gasteiger partial charge in [-0.25, -0.2) is 4.79 Å². The highest BCUT2D eigenvalue weighted by Crippen LogP contribution is 2.35. The minimum Gasteiger partial charge on any atom is -0.497 e. The molecule has 0 atom stereocenters. The zero-order valence-corrected chi connectivity index (χ0v) is 12.5. The maximum atomic E-state index is 12.8. The Kier molecular flexibility index (Phi) is 4.70. The third kappa shape index (κ3) is 3.87. The number of hydrogen-bond donors (Lipinski definition) is 2. The van der Waals surface area contributed by atoms with Gasteiger partial charge in [0.1, 0.15) is 5.75 Å². The summed E-state index contributed by atoms with van der Waals surface area (Å²) in [4.78, 5) is 11.3. The van der Waals surface area contributed by atoms with Crippen molar-refractivity contribution in [3.63, 3.8) is 0 Å². The molecule has 0 aliphatic heterocycles. The lowest BCUT2D eigenvalue weighted by molar-refractivity contribution is -0.137. The van der Waals surface area contributed by atoms with E-state index in [4.69, 9.17) is 16.3 Å². The molecule has 0 unspecified atom stereocenters. The summed E-state index contributed by atoms with van der Waals surface area (Å²) in [6.45, 7) is 0. The van der Waals surface area contributed by atoms with E-state index in [1.54, 1.807) is 0 Å². The molecule has 0 aliphatic carbocycles. The van der Waals surface area contributed by atoms with Crippen LogP contribution in [0.15, 0.2) is 36.4 Å². The van der Waals surface area contributed by atoms with E-state index in [-0.39, 0.29) is 22.0 Å². The van der Waals surface area contributed by atoms with E-state index in [0.717, 1.165) is 18.2 Å². The van der Waals surface area contributed by atoms with Gasteiger partial charge < -0.3 is 15.2 Å². The predicted molar refractivity (Wildman–Crippen MR) is 79.7 cm³/mol. The fourth-order valence-corrected chi connectivity index (χ4v) is 2.04. The van der Waals surface area contributed by atoms with Crippen LogP contribution < -0.4 is 10.1 Å². The number of aromatic carboxylic acids is 1. The molecule has 122 valence electrons. The Bertz CT molecular complexity index is 747. The number of carboxylic acid groups (broad SMARTS) is 1. The Balaban J connectivity index is 2.45. The second kappa shape index (κ2) is 6.37. The Morgan fingerprint density at radius 3 is 2.43 bits per heavy atom. The molecule has 0 radical (unpaired) electrons. The zero-order chi connectivity index (χ0) is 17.2. The van der Waals surface area contributed by atoms with Gasteiger partial charge in [-0.05, 0) is 36.4 Å². The van der Waals surface area contributed by atoms with Crippen LogP contribution in [0.4, 0.5) is 24.5 Å². The number of ether oxygens (including phenoxy) is 1. The highest BCUT2D eigenvalue weighted by molar-refractivity contribution is 6.33. The van der Waals surface area contributed by atoms with Crippen molar-refractivity contribution in [2.75, 3.05) is 12.4 Å². The first kappa shape index (κ1) is 17.0. The van der Waals surface area contributed by atoms with Crippen molar-refractivity contribution in [1.29, 1.82) is 0 Å². The number of benzene rings is 2. The molecule has 0 amide bonds. The SMILES string of the molecule is COc1ccc(Nc2cc(C(F)(F)F)ccc2Cl)c(C(=O)O)c1. The van der Waals surface area contributed by atoms with Crippen LogP contribution in [0, 0.1) is 0 Å². The standard InChI is InChI=1S/C15H11ClF3NO3/c1-23-9-3-5-12(10(7-9)14(21)22)20-13-6-8(15(17,18)19)2-4-11(13)16/h2-7,20H,1H3,(H,21,22). The van der Waals surface area contributed by atoms with E-state index in [1.807, 2.05) is 0 Å². The van der Waals surface area contributed by atoms with Crippen molar-refractivity contribution >= 4 is 28.9 Å². The summed E-state index contributed by atoms with van der Waals surface area (Å²) in [6.07, 6.45) is -4.53. The molecule has 0 saturated heterocycles. The topological polar surface area (TPSA) is 58.6 Å². The summed E-state index contributed by atoms with van der Waals surface area (Å²) in [6, 6.07) is 6.88. The average Bonchev–Trinajstić information content (AvgIpc) is 2.48. The normalized spacial score (nSPS) is 11.2. The van der Waals surface area contributed by atoms with Crippen molar-refractivity contribution in [1.82, 2.24) is 0 Å². The van der Waals surface area contributed by atoms with Gasteiger partial charge in [-0.2, -0.15) is 13.2 Å². The first-order chi connectivity index (χ1) is 10.7. The quantitative estimate of drug-likeness (QED) is 0.835. The summed E-state index contributed by atoms with van der Waals surface area (Å²) in [5.74, 6) is -0.947. The lowest BCUT2D eigenvalue weighted by Gasteiger charge is -2.14. The second-order valence-corrected chi connectivity index (χ2v) is 4.94. The molecule has 2 rings (SSSR count). The summed E-state index contributed by atoms with van der Waals surface area (Å²) in [5.41, 5.74) is -0.999. The number of alkyl halides is 3. The van der Waals surface area contributed by atoms with Gasteiger partial charge in [0.2, 0.25) is 0 Å². The molecule has 23 heavy (non-hydrogen) atoms. The molecule has 0 spiro atoms. The van der Waals surface area contributed by atoms with Gasteiger partial charge in [0.25, 0.3) is 0 Å². The molecule has 0 aliphatic rings. The maximum absolute atomic E-state index is 12.8. The fraction of sp³-hybridized carbons (Fsp3) is 0.133. The molecule has 4 nitrogen and oxygen atoms in total. The van der Waals surface area contributed by atoms with Gasteiger partial charge in [-0.15, -0.1) is 0 Å². The Morgan fingerprint density at radius 2 is 1.87 bits per heavy atom. The summed E-state index contributed by atoms with van der Waals surface area (Å²) < 4.78 is 43.2. The molecule has 0 aromatic heterocycles. The first-order valence-corrected chi connectivity index (χ1v) is 6.65. The molecule has 0 bridgehead atoms. The third-order valence-corrected chi connectivity index (χ3v) is 3.35. The number of anilines is 2. The number of rotatable bonds is 4. The highest BCUT2D eigenvalue weighted by Gasteiger charge is 2.31. The van der Waals surface area contributed by atoms with Crippen molar-refractivity contribution in [2.24, 2.45) is 0 Å². The van der Waals surface area contributed by atoms with Gasteiger partial charge in [0.15, 0.2) is 0 Å². The van der Waals surface area contributed by atoms with Crippen LogP contribution in [-0.4, -0.2) is 18.2 Å². The minimum atomic E-state index is -4.53. The Labute approximate surface area is 134 Å². The number of hydrogen-bond acceptors (Lipinski definition) is 3. The average molecular weight is 346 g/mol. The number of carboxylic acids is 1. The Morgan fingerprint density at radius 1 is 1.17 bits per heavy atom. The van der Waals surface area contributed by atoms with Crippen LogP contribution in [0.25, 0.3) is 0 Å². The van der Waals surface area contributed by atoms with Gasteiger partial charge in [-0.1, -0.05) is 11.6 Å². The Hall–Kier alpha value is -2.41. The monoisotopic (exact) mass is 345 g/mol. The van der Waals surface area contributed by atoms with E-state index < -0.39 is 17.7 Å². The molecule has 8 heteroatoms. The fourth-order valence-electron chi connectivity index (χ4n) is 1.88. The second-order valence-electron chi connectivity index (χ2n) is 4.53. The van der Waals surface area contributed by atoms with E-state index in [9.17, 15) is 23.1 Å². The van der Waals surface area contributed by atoms with Crippen LogP contribution in [0.5, 0.6) is 5.75 Å².